The van der Waals surface area contributed by atoms with Gasteiger partial charge in [-0.15, -0.1) is 0 Å². The van der Waals surface area contributed by atoms with Crippen LogP contribution in [0.2, 0.25) is 0 Å². The fourth-order valence-electron chi connectivity index (χ4n) is 2.50. The van der Waals surface area contributed by atoms with Gasteiger partial charge in [0, 0.05) is 5.69 Å². The number of nitrogens with zero attached hydrogens (tertiary/aromatic N) is 1. The van der Waals surface area contributed by atoms with E-state index in [1.54, 1.807) is 55.6 Å². The number of imide groups is 1. The standard InChI is InChI=1S/C17H17N3O3/c1-23-14-8-4-12(5-9-14)15-16(21)20(17(22)19-15)10-11-2-6-13(18)7-3-11/h2-9,15H,10,18H2,1H3,(H,19,22). The maximum Gasteiger partial charge on any atom is 0.325 e. The molecule has 2 aromatic carbocycles. The smallest absolute Gasteiger partial charge is 0.325 e. The molecule has 23 heavy (non-hydrogen) atoms. The molecule has 3 N–H and O–H groups in total. The first kappa shape index (κ1) is 14.9. The summed E-state index contributed by atoms with van der Waals surface area (Å²) in [6.45, 7) is 0.220. The molecule has 6 nitrogen and oxygen atoms in total. The highest BCUT2D eigenvalue weighted by atomic mass is 16.5. The summed E-state index contributed by atoms with van der Waals surface area (Å²) in [5.74, 6) is 0.432. The summed E-state index contributed by atoms with van der Waals surface area (Å²) in [6.07, 6.45) is 0. The van der Waals surface area contributed by atoms with Gasteiger partial charge in [-0.25, -0.2) is 4.79 Å². The number of carbonyl (C=O) groups is 2. The summed E-state index contributed by atoms with van der Waals surface area (Å²) in [7, 11) is 1.58. The average Bonchev–Trinajstić information content (AvgIpc) is 2.85. The summed E-state index contributed by atoms with van der Waals surface area (Å²) in [5, 5.41) is 2.71. The molecule has 6 heteroatoms. The summed E-state index contributed by atoms with van der Waals surface area (Å²) in [4.78, 5) is 25.8. The molecule has 0 radical (unpaired) electrons. The molecule has 3 rings (SSSR count). The van der Waals surface area contributed by atoms with Crippen LogP contribution in [0.3, 0.4) is 0 Å². The topological polar surface area (TPSA) is 84.7 Å². The molecule has 3 amide bonds. The Bertz CT molecular complexity index is 726. The van der Waals surface area contributed by atoms with Crippen molar-refractivity contribution in [3.05, 3.63) is 59.7 Å². The third kappa shape index (κ3) is 2.96. The van der Waals surface area contributed by atoms with Crippen molar-refractivity contribution in [2.75, 3.05) is 12.8 Å². The van der Waals surface area contributed by atoms with E-state index in [-0.39, 0.29) is 12.5 Å². The number of methoxy groups -OCH3 is 1. The van der Waals surface area contributed by atoms with E-state index in [9.17, 15) is 9.59 Å². The Kier molecular flexibility index (Phi) is 3.89. The maximum atomic E-state index is 12.5. The highest BCUT2D eigenvalue weighted by Crippen LogP contribution is 2.25. The molecule has 0 spiro atoms. The third-order valence-corrected chi connectivity index (χ3v) is 3.80. The number of anilines is 1. The second kappa shape index (κ2) is 6.00. The summed E-state index contributed by atoms with van der Waals surface area (Å²) < 4.78 is 5.10. The molecule has 2 aromatic rings. The zero-order chi connectivity index (χ0) is 16.4. The van der Waals surface area contributed by atoms with Crippen LogP contribution in [0.1, 0.15) is 17.2 Å². The molecule has 118 valence electrons. The Morgan fingerprint density at radius 3 is 2.35 bits per heavy atom. The second-order valence-corrected chi connectivity index (χ2v) is 5.32. The van der Waals surface area contributed by atoms with Crippen molar-refractivity contribution in [2.24, 2.45) is 0 Å². The minimum atomic E-state index is -0.665. The number of hydrogen-bond acceptors (Lipinski definition) is 4. The number of amides is 3. The van der Waals surface area contributed by atoms with Gasteiger partial charge in [0.25, 0.3) is 5.91 Å². The molecular weight excluding hydrogens is 294 g/mol. The van der Waals surface area contributed by atoms with E-state index in [0.717, 1.165) is 11.1 Å². The molecular formula is C17H17N3O3. The first-order valence-electron chi connectivity index (χ1n) is 7.19. The fourth-order valence-corrected chi connectivity index (χ4v) is 2.50. The molecule has 1 heterocycles. The van der Waals surface area contributed by atoms with E-state index in [0.29, 0.717) is 11.4 Å². The Labute approximate surface area is 133 Å². The van der Waals surface area contributed by atoms with Crippen LogP contribution < -0.4 is 15.8 Å². The number of urea groups is 1. The van der Waals surface area contributed by atoms with Crippen molar-refractivity contribution in [1.82, 2.24) is 10.2 Å². The van der Waals surface area contributed by atoms with Crippen LogP contribution in [0.5, 0.6) is 5.75 Å². The summed E-state index contributed by atoms with van der Waals surface area (Å²) >= 11 is 0. The van der Waals surface area contributed by atoms with Gasteiger partial charge in [0.15, 0.2) is 0 Å². The number of hydrogen-bond donors (Lipinski definition) is 2. The van der Waals surface area contributed by atoms with E-state index in [1.165, 1.54) is 4.90 Å². The fraction of sp³-hybridized carbons (Fsp3) is 0.176. The normalized spacial score (nSPS) is 17.3. The molecule has 0 bridgehead atoms. The highest BCUT2D eigenvalue weighted by Gasteiger charge is 2.38. The Hall–Kier alpha value is -3.02. The van der Waals surface area contributed by atoms with Gasteiger partial charge >= 0.3 is 6.03 Å². The van der Waals surface area contributed by atoms with Crippen molar-refractivity contribution in [2.45, 2.75) is 12.6 Å². The van der Waals surface area contributed by atoms with Gasteiger partial charge in [-0.1, -0.05) is 24.3 Å². The average molecular weight is 311 g/mol. The summed E-state index contributed by atoms with van der Waals surface area (Å²) in [6, 6.07) is 13.1. The molecule has 0 aromatic heterocycles. The molecule has 0 saturated carbocycles. The van der Waals surface area contributed by atoms with E-state index < -0.39 is 12.1 Å². The van der Waals surface area contributed by atoms with Crippen LogP contribution in [0.15, 0.2) is 48.5 Å². The van der Waals surface area contributed by atoms with E-state index >= 15 is 0 Å². The summed E-state index contributed by atoms with van der Waals surface area (Å²) in [5.41, 5.74) is 7.85. The Morgan fingerprint density at radius 2 is 1.74 bits per heavy atom. The number of nitrogens with two attached hydrogens (primary N) is 1. The zero-order valence-corrected chi connectivity index (χ0v) is 12.7. The van der Waals surface area contributed by atoms with Gasteiger partial charge in [-0.3, -0.25) is 9.69 Å². The monoisotopic (exact) mass is 311 g/mol. The van der Waals surface area contributed by atoms with Crippen molar-refractivity contribution >= 4 is 17.6 Å². The molecule has 1 aliphatic rings. The molecule has 1 atom stereocenters. The molecule has 0 aliphatic carbocycles. The van der Waals surface area contributed by atoms with Crippen LogP contribution in [0.4, 0.5) is 10.5 Å². The van der Waals surface area contributed by atoms with Gasteiger partial charge in [-0.2, -0.15) is 0 Å². The van der Waals surface area contributed by atoms with Crippen LogP contribution in [0, 0.1) is 0 Å². The van der Waals surface area contributed by atoms with Gasteiger partial charge in [0.1, 0.15) is 11.8 Å². The lowest BCUT2D eigenvalue weighted by atomic mass is 10.1. The second-order valence-electron chi connectivity index (χ2n) is 5.32. The van der Waals surface area contributed by atoms with Gasteiger partial charge in [0.05, 0.1) is 13.7 Å². The first-order chi connectivity index (χ1) is 11.1. The van der Waals surface area contributed by atoms with Gasteiger partial charge in [-0.05, 0) is 35.4 Å². The van der Waals surface area contributed by atoms with E-state index in [2.05, 4.69) is 5.32 Å². The minimum absolute atomic E-state index is 0.220. The quantitative estimate of drug-likeness (QED) is 0.668. The number of benzene rings is 2. The minimum Gasteiger partial charge on any atom is -0.497 e. The molecule has 1 unspecified atom stereocenters. The number of nitrogen functional groups attached to an aromatic ring is 1. The van der Waals surface area contributed by atoms with E-state index in [1.807, 2.05) is 0 Å². The predicted octanol–water partition coefficient (Wildman–Crippen LogP) is 2.07. The molecule has 1 fully saturated rings. The van der Waals surface area contributed by atoms with Crippen LogP contribution >= 0.6 is 0 Å². The first-order valence-corrected chi connectivity index (χ1v) is 7.19. The Balaban J connectivity index is 1.77. The number of ether oxygens (including phenoxy) is 1. The van der Waals surface area contributed by atoms with E-state index in [4.69, 9.17) is 10.5 Å². The largest absolute Gasteiger partial charge is 0.497 e. The highest BCUT2D eigenvalue weighted by molar-refractivity contribution is 6.04. The Morgan fingerprint density at radius 1 is 1.09 bits per heavy atom. The van der Waals surface area contributed by atoms with Crippen molar-refractivity contribution < 1.29 is 14.3 Å². The molecule has 1 saturated heterocycles. The van der Waals surface area contributed by atoms with Crippen molar-refractivity contribution in [3.63, 3.8) is 0 Å². The van der Waals surface area contributed by atoms with Gasteiger partial charge in [0.2, 0.25) is 0 Å². The number of carbonyl (C=O) groups excluding carboxylic acids is 2. The predicted molar refractivity (Wildman–Crippen MR) is 85.7 cm³/mol. The maximum absolute atomic E-state index is 12.5. The van der Waals surface area contributed by atoms with Crippen molar-refractivity contribution in [1.29, 1.82) is 0 Å². The molecule has 1 aliphatic heterocycles. The lowest BCUT2D eigenvalue weighted by molar-refractivity contribution is -0.128. The number of rotatable bonds is 4. The van der Waals surface area contributed by atoms with Gasteiger partial charge < -0.3 is 15.8 Å². The third-order valence-electron chi connectivity index (χ3n) is 3.80. The zero-order valence-electron chi connectivity index (χ0n) is 12.7. The number of nitrogens with one attached hydrogen (secondary N) is 1. The SMILES string of the molecule is COc1ccc(C2NC(=O)N(Cc3ccc(N)cc3)C2=O)cc1. The van der Waals surface area contributed by atoms with Crippen molar-refractivity contribution in [3.8, 4) is 5.75 Å². The lowest BCUT2D eigenvalue weighted by Gasteiger charge is -2.13. The van der Waals surface area contributed by atoms with Crippen LogP contribution in [-0.4, -0.2) is 23.9 Å². The van der Waals surface area contributed by atoms with Crippen LogP contribution in [0.25, 0.3) is 0 Å². The van der Waals surface area contributed by atoms with Crippen LogP contribution in [-0.2, 0) is 11.3 Å². The lowest BCUT2D eigenvalue weighted by Crippen LogP contribution is -2.30.